The Labute approximate surface area is 110 Å². The topological polar surface area (TPSA) is 52.6 Å². The molecule has 0 saturated heterocycles. The van der Waals surface area contributed by atoms with Crippen molar-refractivity contribution in [3.05, 3.63) is 48.3 Å². The number of rotatable bonds is 5. The van der Waals surface area contributed by atoms with E-state index in [1.165, 1.54) is 38.5 Å². The summed E-state index contributed by atoms with van der Waals surface area (Å²) in [6.45, 7) is 3.58. The molecule has 0 N–H and O–H groups in total. The highest BCUT2D eigenvalue weighted by Crippen LogP contribution is 2.28. The number of hydrogen-bond donors (Lipinski definition) is 0. The average molecular weight is 266 g/mol. The van der Waals surface area contributed by atoms with E-state index in [1.807, 2.05) is 0 Å². The van der Waals surface area contributed by atoms with Crippen LogP contribution in [-0.4, -0.2) is 26.2 Å². The van der Waals surface area contributed by atoms with Crippen molar-refractivity contribution in [2.75, 3.05) is 14.2 Å². The molecule has 0 aliphatic rings. The highest BCUT2D eigenvalue weighted by molar-refractivity contribution is 5.96. The van der Waals surface area contributed by atoms with Crippen molar-refractivity contribution >= 4 is 11.9 Å². The third kappa shape index (κ3) is 3.40. The van der Waals surface area contributed by atoms with E-state index in [0.29, 0.717) is 5.56 Å². The Morgan fingerprint density at radius 2 is 1.84 bits per heavy atom. The summed E-state index contributed by atoms with van der Waals surface area (Å²) in [4.78, 5) is 23.4. The van der Waals surface area contributed by atoms with E-state index in [0.717, 1.165) is 0 Å². The molecule has 0 bridgehead atoms. The molecule has 1 aromatic carbocycles. The summed E-state index contributed by atoms with van der Waals surface area (Å²) in [5, 5.41) is 0. The summed E-state index contributed by atoms with van der Waals surface area (Å²) in [6.07, 6.45) is 1.40. The number of halogens is 1. The van der Waals surface area contributed by atoms with Gasteiger partial charge in [0.25, 0.3) is 0 Å². The van der Waals surface area contributed by atoms with Gasteiger partial charge in [0.05, 0.1) is 14.2 Å². The van der Waals surface area contributed by atoms with Gasteiger partial charge in [0.2, 0.25) is 0 Å². The fourth-order valence-electron chi connectivity index (χ4n) is 1.82. The van der Waals surface area contributed by atoms with E-state index in [-0.39, 0.29) is 0 Å². The molecule has 1 aromatic rings. The minimum absolute atomic E-state index is 0.454. The van der Waals surface area contributed by atoms with Crippen LogP contribution in [0.4, 0.5) is 4.39 Å². The quantitative estimate of drug-likeness (QED) is 0.465. The van der Waals surface area contributed by atoms with Gasteiger partial charge in [-0.2, -0.15) is 0 Å². The molecule has 0 fully saturated rings. The second-order valence-electron chi connectivity index (χ2n) is 3.84. The predicted molar refractivity (Wildman–Crippen MR) is 66.9 cm³/mol. The van der Waals surface area contributed by atoms with Gasteiger partial charge >= 0.3 is 11.9 Å². The zero-order chi connectivity index (χ0) is 14.4. The summed E-state index contributed by atoms with van der Waals surface area (Å²) in [7, 11) is 2.34. The molecule has 0 radical (unpaired) electrons. The number of ether oxygens (including phenoxy) is 2. The second-order valence-corrected chi connectivity index (χ2v) is 3.84. The first-order valence-electron chi connectivity index (χ1n) is 5.58. The first-order valence-corrected chi connectivity index (χ1v) is 5.58. The number of esters is 2. The maximum atomic E-state index is 13.2. The number of allylic oxidation sites excluding steroid dienone is 1. The van der Waals surface area contributed by atoms with E-state index in [1.54, 1.807) is 6.07 Å². The van der Waals surface area contributed by atoms with Crippen LogP contribution >= 0.6 is 0 Å². The Bertz CT molecular complexity index is 468. The van der Waals surface area contributed by atoms with Gasteiger partial charge in [0.1, 0.15) is 5.82 Å². The average Bonchev–Trinajstić information content (AvgIpc) is 2.43. The molecular formula is C14H15FO4. The van der Waals surface area contributed by atoms with Gasteiger partial charge in [-0.3, -0.25) is 9.59 Å². The van der Waals surface area contributed by atoms with Gasteiger partial charge in [0, 0.05) is 5.92 Å². The van der Waals surface area contributed by atoms with Gasteiger partial charge < -0.3 is 9.47 Å². The summed E-state index contributed by atoms with van der Waals surface area (Å²) in [6, 6.07) is 5.61. The zero-order valence-corrected chi connectivity index (χ0v) is 10.8. The van der Waals surface area contributed by atoms with Crippen LogP contribution in [0.25, 0.3) is 0 Å². The van der Waals surface area contributed by atoms with Gasteiger partial charge in [-0.05, 0) is 17.7 Å². The fourth-order valence-corrected chi connectivity index (χ4v) is 1.82. The van der Waals surface area contributed by atoms with Gasteiger partial charge in [0.15, 0.2) is 5.92 Å². The van der Waals surface area contributed by atoms with Crippen molar-refractivity contribution in [1.29, 1.82) is 0 Å². The highest BCUT2D eigenvalue weighted by Gasteiger charge is 2.36. The summed E-state index contributed by atoms with van der Waals surface area (Å²) < 4.78 is 22.4. The minimum atomic E-state index is -1.20. The fraction of sp³-hybridized carbons (Fsp3) is 0.286. The molecule has 1 unspecified atom stereocenters. The van der Waals surface area contributed by atoms with Crippen LogP contribution in [0.5, 0.6) is 0 Å². The van der Waals surface area contributed by atoms with Crippen LogP contribution in [0.3, 0.4) is 0 Å². The van der Waals surface area contributed by atoms with Crippen molar-refractivity contribution in [3.63, 3.8) is 0 Å². The summed E-state index contributed by atoms with van der Waals surface area (Å²) in [5.74, 6) is -3.87. The predicted octanol–water partition coefficient (Wildman–Crippen LogP) is 2.06. The lowest BCUT2D eigenvalue weighted by atomic mass is 9.86. The molecule has 4 nitrogen and oxygen atoms in total. The number of benzene rings is 1. The summed E-state index contributed by atoms with van der Waals surface area (Å²) >= 11 is 0. The van der Waals surface area contributed by atoms with Crippen molar-refractivity contribution in [1.82, 2.24) is 0 Å². The number of methoxy groups -OCH3 is 2. The highest BCUT2D eigenvalue weighted by atomic mass is 19.1. The Morgan fingerprint density at radius 1 is 1.26 bits per heavy atom. The second kappa shape index (κ2) is 6.68. The van der Waals surface area contributed by atoms with Gasteiger partial charge in [-0.25, -0.2) is 4.39 Å². The lowest BCUT2D eigenvalue weighted by Gasteiger charge is -2.20. The standard InChI is InChI=1S/C14H15FO4/c1-4-11(9-6-5-7-10(15)8-9)12(13(16)18-2)14(17)19-3/h4-8,11-12H,1H2,2-3H3. The molecular weight excluding hydrogens is 251 g/mol. The molecule has 0 spiro atoms. The van der Waals surface area contributed by atoms with E-state index >= 15 is 0 Å². The molecule has 0 aliphatic carbocycles. The largest absolute Gasteiger partial charge is 0.468 e. The van der Waals surface area contributed by atoms with Crippen LogP contribution in [-0.2, 0) is 19.1 Å². The van der Waals surface area contributed by atoms with E-state index < -0.39 is 29.6 Å². The van der Waals surface area contributed by atoms with Crippen molar-refractivity contribution in [2.45, 2.75) is 5.92 Å². The smallest absolute Gasteiger partial charge is 0.321 e. The monoisotopic (exact) mass is 266 g/mol. The van der Waals surface area contributed by atoms with E-state index in [9.17, 15) is 14.0 Å². The molecule has 102 valence electrons. The molecule has 0 saturated carbocycles. The summed E-state index contributed by atoms with van der Waals surface area (Å²) in [5.41, 5.74) is 0.454. The molecule has 19 heavy (non-hydrogen) atoms. The maximum Gasteiger partial charge on any atom is 0.321 e. The molecule has 0 amide bonds. The Morgan fingerprint density at radius 3 is 2.26 bits per heavy atom. The van der Waals surface area contributed by atoms with Crippen molar-refractivity contribution in [3.8, 4) is 0 Å². The third-order valence-corrected chi connectivity index (χ3v) is 2.76. The Kier molecular flexibility index (Phi) is 5.23. The van der Waals surface area contributed by atoms with Crippen LogP contribution < -0.4 is 0 Å². The van der Waals surface area contributed by atoms with Gasteiger partial charge in [-0.15, -0.1) is 6.58 Å². The number of hydrogen-bond acceptors (Lipinski definition) is 4. The SMILES string of the molecule is C=CC(c1cccc(F)c1)C(C(=O)OC)C(=O)OC. The number of carbonyl (C=O) groups excluding carboxylic acids is 2. The van der Waals surface area contributed by atoms with Crippen LogP contribution in [0.2, 0.25) is 0 Å². The lowest BCUT2D eigenvalue weighted by molar-refractivity contribution is -0.159. The Hall–Kier alpha value is -2.17. The molecule has 1 atom stereocenters. The first-order chi connectivity index (χ1) is 9.04. The molecule has 0 aromatic heterocycles. The van der Waals surface area contributed by atoms with Crippen LogP contribution in [0.15, 0.2) is 36.9 Å². The molecule has 1 rings (SSSR count). The van der Waals surface area contributed by atoms with Gasteiger partial charge in [-0.1, -0.05) is 18.2 Å². The maximum absolute atomic E-state index is 13.2. The molecule has 0 aliphatic heterocycles. The molecule has 5 heteroatoms. The van der Waals surface area contributed by atoms with Crippen molar-refractivity contribution in [2.24, 2.45) is 5.92 Å². The third-order valence-electron chi connectivity index (χ3n) is 2.76. The van der Waals surface area contributed by atoms with Crippen LogP contribution in [0.1, 0.15) is 11.5 Å². The lowest BCUT2D eigenvalue weighted by Crippen LogP contribution is -2.31. The minimum Gasteiger partial charge on any atom is -0.468 e. The Balaban J connectivity index is 3.20. The van der Waals surface area contributed by atoms with Crippen molar-refractivity contribution < 1.29 is 23.5 Å². The molecule has 0 heterocycles. The first kappa shape index (κ1) is 14.9. The normalized spacial score (nSPS) is 11.8. The number of carbonyl (C=O) groups is 2. The van der Waals surface area contributed by atoms with Crippen LogP contribution in [0, 0.1) is 11.7 Å². The van der Waals surface area contributed by atoms with E-state index in [4.69, 9.17) is 0 Å². The zero-order valence-electron chi connectivity index (χ0n) is 10.8. The van der Waals surface area contributed by atoms with E-state index in [2.05, 4.69) is 16.1 Å².